The number of amides is 1. The summed E-state index contributed by atoms with van der Waals surface area (Å²) in [5, 5.41) is 6.00. The number of piperazine rings is 1. The molecule has 4 aromatic rings. The average Bonchev–Trinajstić information content (AvgIpc) is 3.14. The smallest absolute Gasteiger partial charge is 0.281 e. The van der Waals surface area contributed by atoms with Crippen molar-refractivity contribution in [1.82, 2.24) is 19.2 Å². The number of nitrogens with zero attached hydrogens (tertiary/aromatic N) is 5. The van der Waals surface area contributed by atoms with Gasteiger partial charge in [-0.2, -0.15) is 9.78 Å². The molecule has 0 saturated carbocycles. The Bertz CT molecular complexity index is 1490. The van der Waals surface area contributed by atoms with Crippen LogP contribution in [0.25, 0.3) is 16.5 Å². The van der Waals surface area contributed by atoms with Crippen molar-refractivity contribution in [2.24, 2.45) is 0 Å². The standard InChI is InChI=1S/C30H35N5O2/c1-21-10-8-13-26(18-21)33-17-16-32(20-22(33)2)28(36)14-9-15-34-23(3)27-19-31-35(25-11-6-5-7-12-25)30(37)29(27)24(34)4/h5-8,10-13,18-19,22H,9,14-17,20H2,1-4H3/t22-/m1/s1. The van der Waals surface area contributed by atoms with Crippen LogP contribution in [0.2, 0.25) is 0 Å². The molecule has 1 aliphatic rings. The van der Waals surface area contributed by atoms with Gasteiger partial charge < -0.3 is 14.4 Å². The van der Waals surface area contributed by atoms with Crippen LogP contribution in [0.3, 0.4) is 0 Å². The van der Waals surface area contributed by atoms with E-state index in [1.807, 2.05) is 49.1 Å². The summed E-state index contributed by atoms with van der Waals surface area (Å²) >= 11 is 0. The molecule has 7 nitrogen and oxygen atoms in total. The number of aryl methyl sites for hydroxylation is 3. The highest BCUT2D eigenvalue weighted by molar-refractivity contribution is 5.87. The topological polar surface area (TPSA) is 63.4 Å². The van der Waals surface area contributed by atoms with E-state index in [4.69, 9.17) is 0 Å². The Kier molecular flexibility index (Phi) is 6.87. The lowest BCUT2D eigenvalue weighted by atomic mass is 10.1. The number of para-hydroxylation sites is 1. The number of fused-ring (bicyclic) bond motifs is 1. The van der Waals surface area contributed by atoms with Gasteiger partial charge in [0.2, 0.25) is 5.91 Å². The summed E-state index contributed by atoms with van der Waals surface area (Å²) in [5.74, 6) is 0.204. The van der Waals surface area contributed by atoms with Gasteiger partial charge in [0.1, 0.15) is 0 Å². The zero-order valence-electron chi connectivity index (χ0n) is 22.1. The van der Waals surface area contributed by atoms with Gasteiger partial charge in [-0.25, -0.2) is 0 Å². The van der Waals surface area contributed by atoms with E-state index in [0.717, 1.165) is 48.5 Å². The molecule has 2 aromatic heterocycles. The van der Waals surface area contributed by atoms with E-state index in [-0.39, 0.29) is 17.5 Å². The van der Waals surface area contributed by atoms with Crippen LogP contribution in [0.15, 0.2) is 65.6 Å². The van der Waals surface area contributed by atoms with E-state index in [1.54, 1.807) is 6.20 Å². The molecule has 3 heterocycles. The Morgan fingerprint density at radius 3 is 2.46 bits per heavy atom. The lowest BCUT2D eigenvalue weighted by molar-refractivity contribution is -0.132. The van der Waals surface area contributed by atoms with Crippen LogP contribution in [0.1, 0.15) is 36.7 Å². The highest BCUT2D eigenvalue weighted by Crippen LogP contribution is 2.24. The molecular formula is C30H35N5O2. The third kappa shape index (κ3) is 4.78. The van der Waals surface area contributed by atoms with Gasteiger partial charge in [-0.3, -0.25) is 9.59 Å². The number of aromatic nitrogens is 3. The molecule has 0 radical (unpaired) electrons. The summed E-state index contributed by atoms with van der Waals surface area (Å²) < 4.78 is 3.62. The van der Waals surface area contributed by atoms with Crippen molar-refractivity contribution in [3.8, 4) is 5.69 Å². The van der Waals surface area contributed by atoms with E-state index in [9.17, 15) is 9.59 Å². The lowest BCUT2D eigenvalue weighted by Gasteiger charge is -2.41. The molecule has 192 valence electrons. The number of benzene rings is 2. The predicted octanol–water partition coefficient (Wildman–Crippen LogP) is 4.63. The van der Waals surface area contributed by atoms with E-state index < -0.39 is 0 Å². The Hall–Kier alpha value is -3.87. The number of hydrogen-bond donors (Lipinski definition) is 0. The Morgan fingerprint density at radius 1 is 0.973 bits per heavy atom. The van der Waals surface area contributed by atoms with Crippen molar-refractivity contribution in [3.05, 3.63) is 88.1 Å². The number of anilines is 1. The van der Waals surface area contributed by atoms with Crippen molar-refractivity contribution in [2.45, 2.75) is 53.1 Å². The zero-order valence-corrected chi connectivity index (χ0v) is 22.1. The molecular weight excluding hydrogens is 462 g/mol. The molecule has 1 atom stereocenters. The fourth-order valence-corrected chi connectivity index (χ4v) is 5.62. The lowest BCUT2D eigenvalue weighted by Crippen LogP contribution is -2.53. The van der Waals surface area contributed by atoms with Gasteiger partial charge in [0.15, 0.2) is 0 Å². The quantitative estimate of drug-likeness (QED) is 0.390. The predicted molar refractivity (Wildman–Crippen MR) is 149 cm³/mol. The normalized spacial score (nSPS) is 15.9. The molecule has 5 rings (SSSR count). The Morgan fingerprint density at radius 2 is 1.73 bits per heavy atom. The minimum Gasteiger partial charge on any atom is -0.365 e. The van der Waals surface area contributed by atoms with Gasteiger partial charge >= 0.3 is 0 Å². The first-order valence-corrected chi connectivity index (χ1v) is 13.1. The van der Waals surface area contributed by atoms with Crippen LogP contribution in [-0.2, 0) is 11.3 Å². The molecule has 0 unspecified atom stereocenters. The van der Waals surface area contributed by atoms with Gasteiger partial charge in [-0.15, -0.1) is 0 Å². The monoisotopic (exact) mass is 497 g/mol. The van der Waals surface area contributed by atoms with Crippen LogP contribution in [0.5, 0.6) is 0 Å². The van der Waals surface area contributed by atoms with Gasteiger partial charge in [0, 0.05) is 61.1 Å². The van der Waals surface area contributed by atoms with E-state index in [2.05, 4.69) is 52.7 Å². The van der Waals surface area contributed by atoms with E-state index in [0.29, 0.717) is 18.4 Å². The number of rotatable bonds is 6. The highest BCUT2D eigenvalue weighted by Gasteiger charge is 2.27. The molecule has 1 saturated heterocycles. The summed E-state index contributed by atoms with van der Waals surface area (Å²) in [6.45, 7) is 11.3. The van der Waals surface area contributed by atoms with Crippen LogP contribution in [-0.4, -0.2) is 50.8 Å². The zero-order chi connectivity index (χ0) is 26.1. The van der Waals surface area contributed by atoms with Crippen LogP contribution in [0.4, 0.5) is 5.69 Å². The summed E-state index contributed by atoms with van der Waals surface area (Å²) in [7, 11) is 0. The third-order valence-electron chi connectivity index (χ3n) is 7.63. The molecule has 0 spiro atoms. The first-order valence-electron chi connectivity index (χ1n) is 13.1. The first kappa shape index (κ1) is 24.8. The second-order valence-corrected chi connectivity index (χ2v) is 10.1. The Labute approximate surface area is 217 Å². The second kappa shape index (κ2) is 10.2. The Balaban J connectivity index is 1.25. The van der Waals surface area contributed by atoms with Gasteiger partial charge in [-0.1, -0.05) is 30.3 Å². The molecule has 1 aliphatic heterocycles. The summed E-state index contributed by atoms with van der Waals surface area (Å²) in [6.07, 6.45) is 3.01. The molecule has 0 bridgehead atoms. The SMILES string of the molecule is Cc1cccc(N2CCN(C(=O)CCCn3c(C)c4cnn(-c5ccccc5)c(=O)c4c3C)C[C@H]2C)c1. The fraction of sp³-hybridized carbons (Fsp3) is 0.367. The summed E-state index contributed by atoms with van der Waals surface area (Å²) in [5.41, 5.74) is 5.07. The maximum Gasteiger partial charge on any atom is 0.281 e. The second-order valence-electron chi connectivity index (χ2n) is 10.1. The van der Waals surface area contributed by atoms with Crippen molar-refractivity contribution >= 4 is 22.4 Å². The van der Waals surface area contributed by atoms with Crippen molar-refractivity contribution in [1.29, 1.82) is 0 Å². The largest absolute Gasteiger partial charge is 0.365 e. The van der Waals surface area contributed by atoms with E-state index in [1.165, 1.54) is 15.9 Å². The maximum absolute atomic E-state index is 13.3. The number of hydrogen-bond acceptors (Lipinski definition) is 4. The maximum atomic E-state index is 13.3. The summed E-state index contributed by atoms with van der Waals surface area (Å²) in [4.78, 5) is 30.8. The third-order valence-corrected chi connectivity index (χ3v) is 7.63. The first-order chi connectivity index (χ1) is 17.8. The molecule has 2 aromatic carbocycles. The van der Waals surface area contributed by atoms with Crippen molar-refractivity contribution < 1.29 is 4.79 Å². The van der Waals surface area contributed by atoms with Gasteiger partial charge in [0.25, 0.3) is 5.56 Å². The summed E-state index contributed by atoms with van der Waals surface area (Å²) in [6, 6.07) is 18.3. The molecule has 1 amide bonds. The average molecular weight is 498 g/mol. The van der Waals surface area contributed by atoms with Crippen molar-refractivity contribution in [2.75, 3.05) is 24.5 Å². The number of carbonyl (C=O) groups is 1. The highest BCUT2D eigenvalue weighted by atomic mass is 16.2. The molecule has 7 heteroatoms. The number of carbonyl (C=O) groups excluding carboxylic acids is 1. The van der Waals surface area contributed by atoms with E-state index >= 15 is 0 Å². The van der Waals surface area contributed by atoms with Crippen LogP contribution >= 0.6 is 0 Å². The van der Waals surface area contributed by atoms with Crippen LogP contribution < -0.4 is 10.5 Å². The molecule has 0 N–H and O–H groups in total. The molecule has 0 aliphatic carbocycles. The van der Waals surface area contributed by atoms with Gasteiger partial charge in [0.05, 0.1) is 17.3 Å². The minimum absolute atomic E-state index is 0.111. The minimum atomic E-state index is -0.111. The van der Waals surface area contributed by atoms with Crippen LogP contribution in [0, 0.1) is 20.8 Å². The van der Waals surface area contributed by atoms with Crippen molar-refractivity contribution in [3.63, 3.8) is 0 Å². The fourth-order valence-electron chi connectivity index (χ4n) is 5.62. The van der Waals surface area contributed by atoms with Gasteiger partial charge in [-0.05, 0) is 63.9 Å². The molecule has 37 heavy (non-hydrogen) atoms. The molecule has 1 fully saturated rings.